The van der Waals surface area contributed by atoms with Gasteiger partial charge < -0.3 is 11.1 Å². The van der Waals surface area contributed by atoms with E-state index in [-0.39, 0.29) is 5.91 Å². The van der Waals surface area contributed by atoms with Crippen LogP contribution in [0, 0.1) is 0 Å². The summed E-state index contributed by atoms with van der Waals surface area (Å²) in [5, 5.41) is 3.37. The normalized spacial score (nSPS) is 15.3. The van der Waals surface area contributed by atoms with Gasteiger partial charge in [-0.15, -0.1) is 0 Å². The fourth-order valence-electron chi connectivity index (χ4n) is 0.677. The van der Waals surface area contributed by atoms with Crippen LogP contribution in [0.25, 0.3) is 0 Å². The molecule has 12 heavy (non-hydrogen) atoms. The van der Waals surface area contributed by atoms with Gasteiger partial charge in [-0.3, -0.25) is 4.79 Å². The molecule has 0 heterocycles. The van der Waals surface area contributed by atoms with Crippen LogP contribution in [-0.2, 0) is 4.79 Å². The third kappa shape index (κ3) is 5.43. The molecule has 0 spiro atoms. The lowest BCUT2D eigenvalue weighted by atomic mass is 10.3. The first-order chi connectivity index (χ1) is 5.57. The summed E-state index contributed by atoms with van der Waals surface area (Å²) in [5.41, 5.74) is 5.37. The maximum Gasteiger partial charge on any atom is 0.236 e. The minimum absolute atomic E-state index is 0.0664. The zero-order valence-corrected chi connectivity index (χ0v) is 8.78. The van der Waals surface area contributed by atoms with Crippen LogP contribution in [0.3, 0.4) is 0 Å². The van der Waals surface area contributed by atoms with Gasteiger partial charge in [0, 0.05) is 11.8 Å². The molecule has 1 unspecified atom stereocenters. The molecule has 0 radical (unpaired) electrons. The molecule has 0 rings (SSSR count). The van der Waals surface area contributed by atoms with E-state index in [1.807, 2.05) is 0 Å². The average molecular weight is 190 g/mol. The lowest BCUT2D eigenvalue weighted by Crippen LogP contribution is -2.39. The van der Waals surface area contributed by atoms with Gasteiger partial charge >= 0.3 is 0 Å². The molecule has 3 nitrogen and oxygen atoms in total. The Morgan fingerprint density at radius 2 is 2.17 bits per heavy atom. The van der Waals surface area contributed by atoms with E-state index in [0.29, 0.717) is 5.25 Å². The van der Waals surface area contributed by atoms with E-state index in [0.717, 1.165) is 13.0 Å². The molecule has 3 N–H and O–H groups in total. The van der Waals surface area contributed by atoms with Gasteiger partial charge in [0.05, 0.1) is 6.04 Å². The largest absolute Gasteiger partial charge is 0.355 e. The van der Waals surface area contributed by atoms with Crippen LogP contribution in [0.5, 0.6) is 0 Å². The van der Waals surface area contributed by atoms with Gasteiger partial charge in [0.15, 0.2) is 0 Å². The van der Waals surface area contributed by atoms with Crippen molar-refractivity contribution in [2.24, 2.45) is 5.73 Å². The Balaban J connectivity index is 3.37. The van der Waals surface area contributed by atoms with Crippen LogP contribution in [0.15, 0.2) is 0 Å². The zero-order chi connectivity index (χ0) is 9.56. The Hall–Kier alpha value is -0.220. The molecule has 4 heteroatoms. The molecule has 0 saturated carbocycles. The van der Waals surface area contributed by atoms with Crippen molar-refractivity contribution >= 4 is 17.7 Å². The first-order valence-electron chi connectivity index (χ1n) is 4.14. The lowest BCUT2D eigenvalue weighted by molar-refractivity contribution is -0.121. The summed E-state index contributed by atoms with van der Waals surface area (Å²) >= 11 is 1.80. The highest BCUT2D eigenvalue weighted by molar-refractivity contribution is 7.99. The first-order valence-corrected chi connectivity index (χ1v) is 5.42. The van der Waals surface area contributed by atoms with Crippen molar-refractivity contribution in [3.8, 4) is 0 Å². The fourth-order valence-corrected chi connectivity index (χ4v) is 1.03. The molecule has 0 aliphatic heterocycles. The molecule has 0 saturated heterocycles. The molecular formula is C8H18N2OS. The molecule has 0 aliphatic rings. The Kier molecular flexibility index (Phi) is 6.20. The van der Waals surface area contributed by atoms with E-state index >= 15 is 0 Å². The Labute approximate surface area is 78.5 Å². The molecular weight excluding hydrogens is 172 g/mol. The first kappa shape index (κ1) is 11.8. The highest BCUT2D eigenvalue weighted by Crippen LogP contribution is 2.07. The molecule has 0 bridgehead atoms. The van der Waals surface area contributed by atoms with E-state index in [1.165, 1.54) is 0 Å². The van der Waals surface area contributed by atoms with Gasteiger partial charge in [-0.2, -0.15) is 11.8 Å². The van der Waals surface area contributed by atoms with E-state index in [1.54, 1.807) is 18.7 Å². The summed E-state index contributed by atoms with van der Waals surface area (Å²) in [6.45, 7) is 4.55. The number of nitrogens with one attached hydrogen (secondary N) is 1. The predicted octanol–water partition coefficient (Wildman–Crippen LogP) is 0.591. The third-order valence-corrected chi connectivity index (χ3v) is 2.71. The topological polar surface area (TPSA) is 55.1 Å². The van der Waals surface area contributed by atoms with Crippen LogP contribution >= 0.6 is 11.8 Å². The summed E-state index contributed by atoms with van der Waals surface area (Å²) < 4.78 is 0. The Morgan fingerprint density at radius 1 is 1.58 bits per heavy atom. The average Bonchev–Trinajstić information content (AvgIpc) is 2.03. The Bertz CT molecular complexity index is 139. The second kappa shape index (κ2) is 6.31. The minimum atomic E-state index is -0.394. The van der Waals surface area contributed by atoms with Crippen molar-refractivity contribution in [2.75, 3.05) is 12.8 Å². The van der Waals surface area contributed by atoms with Gasteiger partial charge in [-0.1, -0.05) is 6.92 Å². The monoisotopic (exact) mass is 190 g/mol. The standard InChI is InChI=1S/C8H18N2OS/c1-6(12-3)4-5-10-8(11)7(2)9/h6-7H,4-5,9H2,1-3H3,(H,10,11)/t6?,7-/m0/s1. The van der Waals surface area contributed by atoms with Crippen molar-refractivity contribution < 1.29 is 4.79 Å². The van der Waals surface area contributed by atoms with E-state index in [2.05, 4.69) is 18.5 Å². The predicted molar refractivity (Wildman–Crippen MR) is 54.3 cm³/mol. The number of nitrogens with two attached hydrogens (primary N) is 1. The number of amides is 1. The second-order valence-corrected chi connectivity index (χ2v) is 4.19. The molecule has 0 aromatic heterocycles. The molecule has 0 aromatic rings. The quantitative estimate of drug-likeness (QED) is 0.667. The van der Waals surface area contributed by atoms with Gasteiger partial charge in [0.2, 0.25) is 5.91 Å². The van der Waals surface area contributed by atoms with Crippen molar-refractivity contribution in [3.63, 3.8) is 0 Å². The van der Waals surface area contributed by atoms with E-state index in [4.69, 9.17) is 5.73 Å². The van der Waals surface area contributed by atoms with Gasteiger partial charge in [-0.05, 0) is 19.6 Å². The molecule has 0 aliphatic carbocycles. The maximum absolute atomic E-state index is 11.0. The highest BCUT2D eigenvalue weighted by atomic mass is 32.2. The van der Waals surface area contributed by atoms with Gasteiger partial charge in [-0.25, -0.2) is 0 Å². The molecule has 2 atom stereocenters. The number of hydrogen-bond acceptors (Lipinski definition) is 3. The van der Waals surface area contributed by atoms with Crippen molar-refractivity contribution in [1.29, 1.82) is 0 Å². The van der Waals surface area contributed by atoms with Gasteiger partial charge in [0.25, 0.3) is 0 Å². The number of rotatable bonds is 5. The second-order valence-electron chi connectivity index (χ2n) is 2.91. The van der Waals surface area contributed by atoms with Gasteiger partial charge in [0.1, 0.15) is 0 Å². The summed E-state index contributed by atoms with van der Waals surface area (Å²) in [7, 11) is 0. The number of carbonyl (C=O) groups excluding carboxylic acids is 1. The smallest absolute Gasteiger partial charge is 0.236 e. The van der Waals surface area contributed by atoms with Crippen LogP contribution in [0.4, 0.5) is 0 Å². The number of hydrogen-bond donors (Lipinski definition) is 2. The summed E-state index contributed by atoms with van der Waals surface area (Å²) in [5.74, 6) is -0.0664. The summed E-state index contributed by atoms with van der Waals surface area (Å²) in [6, 6.07) is -0.394. The minimum Gasteiger partial charge on any atom is -0.355 e. The molecule has 1 amide bonds. The highest BCUT2D eigenvalue weighted by Gasteiger charge is 2.06. The van der Waals surface area contributed by atoms with Crippen LogP contribution in [0.1, 0.15) is 20.3 Å². The fraction of sp³-hybridized carbons (Fsp3) is 0.875. The van der Waals surface area contributed by atoms with E-state index in [9.17, 15) is 4.79 Å². The van der Waals surface area contributed by atoms with Crippen LogP contribution in [0.2, 0.25) is 0 Å². The van der Waals surface area contributed by atoms with Crippen LogP contribution in [-0.4, -0.2) is 30.0 Å². The van der Waals surface area contributed by atoms with Crippen molar-refractivity contribution in [2.45, 2.75) is 31.6 Å². The summed E-state index contributed by atoms with van der Waals surface area (Å²) in [6.07, 6.45) is 3.07. The zero-order valence-electron chi connectivity index (χ0n) is 7.96. The van der Waals surface area contributed by atoms with Crippen molar-refractivity contribution in [3.05, 3.63) is 0 Å². The number of thioether (sulfide) groups is 1. The maximum atomic E-state index is 11.0. The molecule has 72 valence electrons. The SMILES string of the molecule is CSC(C)CCNC(=O)[C@H](C)N. The third-order valence-electron chi connectivity index (χ3n) is 1.67. The number of carbonyl (C=O) groups is 1. The van der Waals surface area contributed by atoms with Crippen LogP contribution < -0.4 is 11.1 Å². The molecule has 0 fully saturated rings. The lowest BCUT2D eigenvalue weighted by Gasteiger charge is -2.10. The van der Waals surface area contributed by atoms with E-state index < -0.39 is 6.04 Å². The summed E-state index contributed by atoms with van der Waals surface area (Å²) in [4.78, 5) is 11.0. The van der Waals surface area contributed by atoms with Crippen molar-refractivity contribution in [1.82, 2.24) is 5.32 Å². The molecule has 0 aromatic carbocycles. The Morgan fingerprint density at radius 3 is 2.58 bits per heavy atom.